The largest absolute Gasteiger partial charge is 0.493 e. The fraction of sp³-hybridized carbons (Fsp3) is 0.545. The van der Waals surface area contributed by atoms with E-state index in [-0.39, 0.29) is 0 Å². The Morgan fingerprint density at radius 1 is 1.34 bits per heavy atom. The molecule has 1 aliphatic rings. The molecule has 158 valence electrons. The van der Waals surface area contributed by atoms with E-state index in [9.17, 15) is 0 Å². The standard InChI is InChI=1S/C22H32N4O2S/c1-16-6-7-19(20(11-16)28-14-18-8-10-27-13-18)12-25-22(23-3)24-9-4-5-21-26-17(2)15-29-21/h6-7,11,15,18H,4-5,8-10,12-14H2,1-3H3,(H2,23,24,25). The Kier molecular flexibility index (Phi) is 8.31. The van der Waals surface area contributed by atoms with E-state index in [1.807, 2.05) is 6.92 Å². The Labute approximate surface area is 177 Å². The first-order chi connectivity index (χ1) is 14.1. The molecule has 6 nitrogen and oxygen atoms in total. The number of aryl methyl sites for hydroxylation is 3. The average molecular weight is 417 g/mol. The molecule has 1 aliphatic heterocycles. The summed E-state index contributed by atoms with van der Waals surface area (Å²) in [6, 6.07) is 6.36. The van der Waals surface area contributed by atoms with Gasteiger partial charge in [-0.15, -0.1) is 11.3 Å². The van der Waals surface area contributed by atoms with Crippen molar-refractivity contribution in [3.8, 4) is 5.75 Å². The molecule has 2 heterocycles. The molecular weight excluding hydrogens is 384 g/mol. The molecule has 7 heteroatoms. The molecule has 3 rings (SSSR count). The quantitative estimate of drug-likeness (QED) is 0.372. The molecular formula is C22H32N4O2S. The maximum absolute atomic E-state index is 6.13. The minimum absolute atomic E-state index is 0.493. The minimum Gasteiger partial charge on any atom is -0.493 e. The molecule has 0 spiro atoms. The summed E-state index contributed by atoms with van der Waals surface area (Å²) in [5, 5.41) is 10.1. The zero-order chi connectivity index (χ0) is 20.5. The third kappa shape index (κ3) is 7.01. The predicted octanol–water partition coefficient (Wildman–Crippen LogP) is 3.47. The van der Waals surface area contributed by atoms with Gasteiger partial charge in [0.05, 0.1) is 18.2 Å². The molecule has 0 radical (unpaired) electrons. The molecule has 0 saturated carbocycles. The third-order valence-corrected chi connectivity index (χ3v) is 5.94. The topological polar surface area (TPSA) is 67.8 Å². The molecule has 1 aromatic carbocycles. The molecule has 1 saturated heterocycles. The maximum Gasteiger partial charge on any atom is 0.191 e. The highest BCUT2D eigenvalue weighted by molar-refractivity contribution is 7.09. The normalized spacial score (nSPS) is 16.8. The molecule has 2 N–H and O–H groups in total. The van der Waals surface area contributed by atoms with Crippen LogP contribution in [-0.2, 0) is 17.7 Å². The number of aromatic nitrogens is 1. The van der Waals surface area contributed by atoms with Gasteiger partial charge in [0.15, 0.2) is 5.96 Å². The van der Waals surface area contributed by atoms with Gasteiger partial charge in [-0.2, -0.15) is 0 Å². The Hall–Kier alpha value is -2.12. The number of rotatable bonds is 9. The van der Waals surface area contributed by atoms with Crippen LogP contribution in [0.2, 0.25) is 0 Å². The molecule has 1 unspecified atom stereocenters. The van der Waals surface area contributed by atoms with Gasteiger partial charge in [0.1, 0.15) is 5.75 Å². The van der Waals surface area contributed by atoms with Crippen molar-refractivity contribution >= 4 is 17.3 Å². The predicted molar refractivity (Wildman–Crippen MR) is 119 cm³/mol. The number of aliphatic imine (C=N–C) groups is 1. The summed E-state index contributed by atoms with van der Waals surface area (Å²) < 4.78 is 11.6. The third-order valence-electron chi connectivity index (χ3n) is 4.92. The summed E-state index contributed by atoms with van der Waals surface area (Å²) in [6.45, 7) is 8.01. The van der Waals surface area contributed by atoms with E-state index < -0.39 is 0 Å². The Morgan fingerprint density at radius 3 is 2.97 bits per heavy atom. The summed E-state index contributed by atoms with van der Waals surface area (Å²) >= 11 is 1.73. The van der Waals surface area contributed by atoms with Crippen LogP contribution in [0.25, 0.3) is 0 Å². The zero-order valence-corrected chi connectivity index (χ0v) is 18.5. The molecule has 0 bridgehead atoms. The van der Waals surface area contributed by atoms with Crippen molar-refractivity contribution in [3.63, 3.8) is 0 Å². The van der Waals surface area contributed by atoms with Gasteiger partial charge < -0.3 is 20.1 Å². The lowest BCUT2D eigenvalue weighted by Crippen LogP contribution is -2.37. The maximum atomic E-state index is 6.13. The lowest BCUT2D eigenvalue weighted by Gasteiger charge is -2.17. The highest BCUT2D eigenvalue weighted by Crippen LogP contribution is 2.22. The van der Waals surface area contributed by atoms with Crippen LogP contribution < -0.4 is 15.4 Å². The van der Waals surface area contributed by atoms with Gasteiger partial charge in [0.25, 0.3) is 0 Å². The lowest BCUT2D eigenvalue weighted by atomic mass is 10.1. The number of hydrogen-bond donors (Lipinski definition) is 2. The van der Waals surface area contributed by atoms with E-state index in [2.05, 4.69) is 51.1 Å². The van der Waals surface area contributed by atoms with Gasteiger partial charge >= 0.3 is 0 Å². The van der Waals surface area contributed by atoms with Crippen LogP contribution in [0.4, 0.5) is 0 Å². The SMILES string of the molecule is CN=C(NCCCc1nc(C)cs1)NCc1ccc(C)cc1OCC1CCOC1. The van der Waals surface area contributed by atoms with Gasteiger partial charge in [0, 0.05) is 55.7 Å². The van der Waals surface area contributed by atoms with Gasteiger partial charge in [-0.1, -0.05) is 12.1 Å². The summed E-state index contributed by atoms with van der Waals surface area (Å²) in [5.74, 6) is 2.24. The van der Waals surface area contributed by atoms with Crippen molar-refractivity contribution in [2.75, 3.05) is 33.4 Å². The molecule has 29 heavy (non-hydrogen) atoms. The smallest absolute Gasteiger partial charge is 0.191 e. The Balaban J connectivity index is 1.45. The second-order valence-corrected chi connectivity index (χ2v) is 8.43. The Morgan fingerprint density at radius 2 is 2.24 bits per heavy atom. The van der Waals surface area contributed by atoms with Crippen LogP contribution in [0.1, 0.15) is 34.7 Å². The van der Waals surface area contributed by atoms with E-state index in [0.717, 1.165) is 62.0 Å². The number of nitrogens with zero attached hydrogens (tertiary/aromatic N) is 2. The number of benzene rings is 1. The highest BCUT2D eigenvalue weighted by Gasteiger charge is 2.17. The van der Waals surface area contributed by atoms with Gasteiger partial charge in [0.2, 0.25) is 0 Å². The number of guanidine groups is 1. The van der Waals surface area contributed by atoms with E-state index in [1.54, 1.807) is 18.4 Å². The van der Waals surface area contributed by atoms with Gasteiger partial charge in [-0.25, -0.2) is 4.98 Å². The minimum atomic E-state index is 0.493. The summed E-state index contributed by atoms with van der Waals surface area (Å²) in [4.78, 5) is 8.84. The first-order valence-corrected chi connectivity index (χ1v) is 11.2. The first kappa shape index (κ1) is 21.6. The van der Waals surface area contributed by atoms with Crippen LogP contribution in [-0.4, -0.2) is 44.4 Å². The van der Waals surface area contributed by atoms with Crippen LogP contribution >= 0.6 is 11.3 Å². The summed E-state index contributed by atoms with van der Waals surface area (Å²) in [7, 11) is 1.80. The first-order valence-electron chi connectivity index (χ1n) is 10.3. The monoisotopic (exact) mass is 416 g/mol. The van der Waals surface area contributed by atoms with E-state index in [1.165, 1.54) is 10.6 Å². The van der Waals surface area contributed by atoms with Crippen molar-refractivity contribution in [3.05, 3.63) is 45.4 Å². The summed E-state index contributed by atoms with van der Waals surface area (Å²) in [6.07, 6.45) is 3.09. The zero-order valence-electron chi connectivity index (χ0n) is 17.7. The number of ether oxygens (including phenoxy) is 2. The fourth-order valence-corrected chi connectivity index (χ4v) is 4.05. The second kappa shape index (κ2) is 11.2. The van der Waals surface area contributed by atoms with Gasteiger partial charge in [-0.3, -0.25) is 4.99 Å². The van der Waals surface area contributed by atoms with Crippen molar-refractivity contribution in [2.24, 2.45) is 10.9 Å². The van der Waals surface area contributed by atoms with Crippen molar-refractivity contribution in [1.29, 1.82) is 0 Å². The number of thiazole rings is 1. The van der Waals surface area contributed by atoms with Crippen LogP contribution in [0, 0.1) is 19.8 Å². The average Bonchev–Trinajstić information content (AvgIpc) is 3.38. The molecule has 1 fully saturated rings. The molecule has 1 aromatic heterocycles. The fourth-order valence-electron chi connectivity index (χ4n) is 3.23. The number of hydrogen-bond acceptors (Lipinski definition) is 5. The van der Waals surface area contributed by atoms with E-state index >= 15 is 0 Å². The van der Waals surface area contributed by atoms with Crippen LogP contribution in [0.3, 0.4) is 0 Å². The highest BCUT2D eigenvalue weighted by atomic mass is 32.1. The second-order valence-electron chi connectivity index (χ2n) is 7.49. The Bertz CT molecular complexity index is 800. The van der Waals surface area contributed by atoms with Crippen LogP contribution in [0.15, 0.2) is 28.6 Å². The molecule has 2 aromatic rings. The van der Waals surface area contributed by atoms with Crippen molar-refractivity contribution in [2.45, 2.75) is 39.7 Å². The molecule has 1 atom stereocenters. The molecule has 0 amide bonds. The molecule has 0 aliphatic carbocycles. The van der Waals surface area contributed by atoms with E-state index in [0.29, 0.717) is 19.1 Å². The van der Waals surface area contributed by atoms with Crippen LogP contribution in [0.5, 0.6) is 5.75 Å². The van der Waals surface area contributed by atoms with Crippen molar-refractivity contribution in [1.82, 2.24) is 15.6 Å². The van der Waals surface area contributed by atoms with Gasteiger partial charge in [-0.05, 0) is 38.3 Å². The van der Waals surface area contributed by atoms with Crippen molar-refractivity contribution < 1.29 is 9.47 Å². The number of nitrogens with one attached hydrogen (secondary N) is 2. The van der Waals surface area contributed by atoms with E-state index in [4.69, 9.17) is 9.47 Å². The lowest BCUT2D eigenvalue weighted by molar-refractivity contribution is 0.166. The summed E-state index contributed by atoms with van der Waals surface area (Å²) in [5.41, 5.74) is 3.44.